The molecular formula is C10H13NO3. The van der Waals surface area contributed by atoms with Crippen molar-refractivity contribution >= 4 is 6.21 Å². The number of nitrogens with zero attached hydrogens (tertiary/aromatic N) is 1. The van der Waals surface area contributed by atoms with Crippen LogP contribution >= 0.6 is 0 Å². The molecule has 0 saturated heterocycles. The van der Waals surface area contributed by atoms with E-state index in [2.05, 4.69) is 9.99 Å². The second-order valence-electron chi connectivity index (χ2n) is 2.49. The molecule has 0 spiro atoms. The van der Waals surface area contributed by atoms with Crippen molar-refractivity contribution in [2.45, 2.75) is 0 Å². The maximum absolute atomic E-state index is 5.16. The van der Waals surface area contributed by atoms with E-state index in [1.165, 1.54) is 7.11 Å². The largest absolute Gasteiger partial charge is 0.496 e. The second kappa shape index (κ2) is 5.11. The molecule has 76 valence electrons. The van der Waals surface area contributed by atoms with Crippen LogP contribution < -0.4 is 9.47 Å². The third kappa shape index (κ3) is 2.16. The summed E-state index contributed by atoms with van der Waals surface area (Å²) in [4.78, 5) is 4.60. The maximum Gasteiger partial charge on any atom is 0.131 e. The number of hydrogen-bond donors (Lipinski definition) is 0. The third-order valence-electron chi connectivity index (χ3n) is 1.75. The second-order valence-corrected chi connectivity index (χ2v) is 2.49. The molecule has 0 aliphatic rings. The summed E-state index contributed by atoms with van der Waals surface area (Å²) in [5.74, 6) is 1.40. The van der Waals surface area contributed by atoms with Gasteiger partial charge in [0.15, 0.2) is 0 Å². The van der Waals surface area contributed by atoms with Crippen molar-refractivity contribution in [3.8, 4) is 11.5 Å². The van der Waals surface area contributed by atoms with Crippen LogP contribution in [0.4, 0.5) is 0 Å². The van der Waals surface area contributed by atoms with Gasteiger partial charge in [0.2, 0.25) is 0 Å². The summed E-state index contributed by atoms with van der Waals surface area (Å²) in [5.41, 5.74) is 0.763. The fourth-order valence-electron chi connectivity index (χ4n) is 1.11. The number of benzene rings is 1. The van der Waals surface area contributed by atoms with Gasteiger partial charge >= 0.3 is 0 Å². The zero-order valence-corrected chi connectivity index (χ0v) is 8.48. The van der Waals surface area contributed by atoms with Crippen molar-refractivity contribution in [3.63, 3.8) is 0 Å². The number of hydrogen-bond acceptors (Lipinski definition) is 4. The van der Waals surface area contributed by atoms with Gasteiger partial charge in [-0.2, -0.15) is 0 Å². The van der Waals surface area contributed by atoms with Gasteiger partial charge in [0.25, 0.3) is 0 Å². The van der Waals surface area contributed by atoms with Crippen LogP contribution in [0.25, 0.3) is 0 Å². The fourth-order valence-corrected chi connectivity index (χ4v) is 1.11. The van der Waals surface area contributed by atoms with E-state index in [4.69, 9.17) is 9.47 Å². The molecule has 0 unspecified atom stereocenters. The van der Waals surface area contributed by atoms with Crippen molar-refractivity contribution in [3.05, 3.63) is 23.8 Å². The summed E-state index contributed by atoms with van der Waals surface area (Å²) in [6.45, 7) is 0. The number of methoxy groups -OCH3 is 2. The van der Waals surface area contributed by atoms with Gasteiger partial charge in [-0.05, 0) is 12.1 Å². The van der Waals surface area contributed by atoms with Crippen LogP contribution in [-0.2, 0) is 4.84 Å². The van der Waals surface area contributed by atoms with Crippen molar-refractivity contribution < 1.29 is 14.3 Å². The Morgan fingerprint density at radius 2 is 1.64 bits per heavy atom. The van der Waals surface area contributed by atoms with E-state index in [-0.39, 0.29) is 0 Å². The monoisotopic (exact) mass is 195 g/mol. The van der Waals surface area contributed by atoms with Crippen molar-refractivity contribution in [2.24, 2.45) is 5.16 Å². The Labute approximate surface area is 83.1 Å². The molecular weight excluding hydrogens is 182 g/mol. The third-order valence-corrected chi connectivity index (χ3v) is 1.75. The minimum absolute atomic E-state index is 0.699. The minimum atomic E-state index is 0.699. The standard InChI is InChI=1S/C10H13NO3/c1-12-9-5-4-6-10(13-2)8(9)7-11-14-3/h4-7H,1-3H3/b11-7+. The Kier molecular flexibility index (Phi) is 3.79. The average Bonchev–Trinajstić information content (AvgIpc) is 2.25. The molecule has 0 aliphatic heterocycles. The summed E-state index contributed by atoms with van der Waals surface area (Å²) in [6.07, 6.45) is 1.55. The highest BCUT2D eigenvalue weighted by molar-refractivity contribution is 5.87. The van der Waals surface area contributed by atoms with Crippen LogP contribution in [0.15, 0.2) is 23.4 Å². The van der Waals surface area contributed by atoms with Gasteiger partial charge in [0.1, 0.15) is 18.6 Å². The molecule has 0 aliphatic carbocycles. The molecule has 0 aromatic heterocycles. The lowest BCUT2D eigenvalue weighted by molar-refractivity contribution is 0.215. The zero-order valence-electron chi connectivity index (χ0n) is 8.48. The van der Waals surface area contributed by atoms with E-state index < -0.39 is 0 Å². The molecule has 4 nitrogen and oxygen atoms in total. The van der Waals surface area contributed by atoms with Crippen LogP contribution in [0.5, 0.6) is 11.5 Å². The van der Waals surface area contributed by atoms with Gasteiger partial charge in [-0.15, -0.1) is 0 Å². The molecule has 0 amide bonds. The predicted molar refractivity (Wildman–Crippen MR) is 54.1 cm³/mol. The molecule has 0 atom stereocenters. The van der Waals surface area contributed by atoms with E-state index in [0.29, 0.717) is 11.5 Å². The Hall–Kier alpha value is -1.71. The summed E-state index contributed by atoms with van der Waals surface area (Å²) in [5, 5.41) is 3.67. The molecule has 1 aromatic rings. The van der Waals surface area contributed by atoms with Crippen molar-refractivity contribution in [1.82, 2.24) is 0 Å². The summed E-state index contributed by atoms with van der Waals surface area (Å²) < 4.78 is 10.3. The molecule has 14 heavy (non-hydrogen) atoms. The lowest BCUT2D eigenvalue weighted by Gasteiger charge is -2.08. The molecule has 0 radical (unpaired) electrons. The van der Waals surface area contributed by atoms with Gasteiger partial charge in [-0.25, -0.2) is 0 Å². The van der Waals surface area contributed by atoms with Gasteiger partial charge in [-0.3, -0.25) is 0 Å². The van der Waals surface area contributed by atoms with Crippen LogP contribution in [0.3, 0.4) is 0 Å². The average molecular weight is 195 g/mol. The van der Waals surface area contributed by atoms with Crippen LogP contribution in [0.1, 0.15) is 5.56 Å². The highest BCUT2D eigenvalue weighted by Crippen LogP contribution is 2.26. The molecule has 0 saturated carbocycles. The zero-order chi connectivity index (χ0) is 10.4. The van der Waals surface area contributed by atoms with Gasteiger partial charge < -0.3 is 14.3 Å². The van der Waals surface area contributed by atoms with Gasteiger partial charge in [0, 0.05) is 0 Å². The van der Waals surface area contributed by atoms with E-state index >= 15 is 0 Å². The lowest BCUT2D eigenvalue weighted by Crippen LogP contribution is -1.95. The van der Waals surface area contributed by atoms with Crippen LogP contribution in [0, 0.1) is 0 Å². The lowest BCUT2D eigenvalue weighted by atomic mass is 10.2. The smallest absolute Gasteiger partial charge is 0.131 e. The summed E-state index contributed by atoms with van der Waals surface area (Å²) in [6, 6.07) is 5.51. The Bertz CT molecular complexity index is 301. The Balaban J connectivity index is 3.12. The topological polar surface area (TPSA) is 40.0 Å². The van der Waals surface area contributed by atoms with Crippen LogP contribution in [0.2, 0.25) is 0 Å². The molecule has 0 heterocycles. The van der Waals surface area contributed by atoms with E-state index in [1.807, 2.05) is 18.2 Å². The summed E-state index contributed by atoms with van der Waals surface area (Å²) in [7, 11) is 4.68. The van der Waals surface area contributed by atoms with E-state index in [9.17, 15) is 0 Å². The fraction of sp³-hybridized carbons (Fsp3) is 0.300. The van der Waals surface area contributed by atoms with Crippen LogP contribution in [-0.4, -0.2) is 27.5 Å². The first kappa shape index (κ1) is 10.4. The van der Waals surface area contributed by atoms with E-state index in [0.717, 1.165) is 5.56 Å². The molecule has 0 fully saturated rings. The number of rotatable bonds is 4. The number of ether oxygens (including phenoxy) is 2. The first-order valence-electron chi connectivity index (χ1n) is 4.11. The normalized spacial score (nSPS) is 10.2. The van der Waals surface area contributed by atoms with E-state index in [1.54, 1.807) is 20.4 Å². The molecule has 0 bridgehead atoms. The van der Waals surface area contributed by atoms with Gasteiger partial charge in [0.05, 0.1) is 26.0 Å². The predicted octanol–water partition coefficient (Wildman–Crippen LogP) is 1.68. The van der Waals surface area contributed by atoms with Crippen molar-refractivity contribution in [2.75, 3.05) is 21.3 Å². The summed E-state index contributed by atoms with van der Waals surface area (Å²) >= 11 is 0. The molecule has 1 aromatic carbocycles. The minimum Gasteiger partial charge on any atom is -0.496 e. The highest BCUT2D eigenvalue weighted by Gasteiger charge is 2.06. The Morgan fingerprint density at radius 3 is 2.07 bits per heavy atom. The molecule has 1 rings (SSSR count). The first-order valence-corrected chi connectivity index (χ1v) is 4.11. The van der Waals surface area contributed by atoms with Crippen molar-refractivity contribution in [1.29, 1.82) is 0 Å². The maximum atomic E-state index is 5.16. The Morgan fingerprint density at radius 1 is 1.07 bits per heavy atom. The highest BCUT2D eigenvalue weighted by atomic mass is 16.6. The number of oxime groups is 1. The quantitative estimate of drug-likeness (QED) is 0.542. The van der Waals surface area contributed by atoms with Gasteiger partial charge in [-0.1, -0.05) is 11.2 Å². The molecule has 0 N–H and O–H groups in total. The molecule has 4 heteroatoms. The first-order chi connectivity index (χ1) is 6.83. The SMILES string of the molecule is CO/N=C/c1c(OC)cccc1OC.